The lowest BCUT2D eigenvalue weighted by Gasteiger charge is -2.28. The second-order valence-electron chi connectivity index (χ2n) is 5.53. The summed E-state index contributed by atoms with van der Waals surface area (Å²) in [7, 11) is 1.59. The molecule has 0 atom stereocenters. The Morgan fingerprint density at radius 1 is 1.47 bits per heavy atom. The highest BCUT2D eigenvalue weighted by atomic mass is 32.1. The summed E-state index contributed by atoms with van der Waals surface area (Å²) in [5, 5.41) is 2.09. The molecule has 0 saturated heterocycles. The molecule has 1 heterocycles. The van der Waals surface area contributed by atoms with Crippen molar-refractivity contribution in [3.8, 4) is 0 Å². The van der Waals surface area contributed by atoms with E-state index in [1.54, 1.807) is 18.4 Å². The lowest BCUT2D eigenvalue weighted by molar-refractivity contribution is -0.137. The van der Waals surface area contributed by atoms with Crippen molar-refractivity contribution in [3.63, 3.8) is 0 Å². The number of carbonyl (C=O) groups excluding carboxylic acids is 1. The number of carbonyl (C=O) groups is 1. The molecule has 1 aromatic rings. The number of hydrogen-bond donors (Lipinski definition) is 0. The topological polar surface area (TPSA) is 29.5 Å². The smallest absolute Gasteiger partial charge is 0.165 e. The molecule has 1 rings (SSSR count). The van der Waals surface area contributed by atoms with E-state index in [9.17, 15) is 4.79 Å². The summed E-state index contributed by atoms with van der Waals surface area (Å²) < 4.78 is 5.23. The third-order valence-corrected chi connectivity index (χ3v) is 4.34. The maximum Gasteiger partial charge on any atom is 0.165 e. The Morgan fingerprint density at radius 2 is 2.16 bits per heavy atom. The minimum Gasteiger partial charge on any atom is -0.371 e. The average Bonchev–Trinajstić information content (AvgIpc) is 2.86. The number of thiophene rings is 1. The molecule has 0 aliphatic rings. The molecular weight excluding hydrogens is 258 g/mol. The predicted octanol–water partition coefficient (Wildman–Crippen LogP) is 3.34. The van der Waals surface area contributed by atoms with Crippen LogP contribution in [0.25, 0.3) is 0 Å². The van der Waals surface area contributed by atoms with Gasteiger partial charge in [0.15, 0.2) is 5.78 Å². The summed E-state index contributed by atoms with van der Waals surface area (Å²) in [5.74, 6) is 0.159. The SMILES string of the molecule is COC(C)(C)C(=O)CCN(Cc1cccs1)C(C)C. The maximum atomic E-state index is 12.1. The van der Waals surface area contributed by atoms with Crippen molar-refractivity contribution < 1.29 is 9.53 Å². The second kappa shape index (κ2) is 7.17. The number of methoxy groups -OCH3 is 1. The van der Waals surface area contributed by atoms with Gasteiger partial charge >= 0.3 is 0 Å². The van der Waals surface area contributed by atoms with Crippen molar-refractivity contribution in [2.45, 2.75) is 52.3 Å². The standard InChI is InChI=1S/C15H25NO2S/c1-12(2)16(11-13-7-6-10-19-13)9-8-14(17)15(3,4)18-5/h6-7,10,12H,8-9,11H2,1-5H3. The Hall–Kier alpha value is -0.710. The molecule has 19 heavy (non-hydrogen) atoms. The Balaban J connectivity index is 2.53. The monoisotopic (exact) mass is 283 g/mol. The van der Waals surface area contributed by atoms with Crippen molar-refractivity contribution in [1.29, 1.82) is 0 Å². The summed E-state index contributed by atoms with van der Waals surface area (Å²) in [5.41, 5.74) is -0.675. The zero-order chi connectivity index (χ0) is 14.5. The Bertz CT molecular complexity index is 385. The Labute approximate surface area is 120 Å². The van der Waals surface area contributed by atoms with Gasteiger partial charge in [0, 0.05) is 37.5 Å². The molecule has 3 nitrogen and oxygen atoms in total. The zero-order valence-corrected chi connectivity index (χ0v) is 13.4. The van der Waals surface area contributed by atoms with Gasteiger partial charge in [0.1, 0.15) is 5.60 Å². The molecule has 0 spiro atoms. The fourth-order valence-corrected chi connectivity index (χ4v) is 2.51. The number of ketones is 1. The van der Waals surface area contributed by atoms with E-state index in [4.69, 9.17) is 4.74 Å². The normalized spacial score (nSPS) is 12.4. The molecule has 0 aliphatic heterocycles. The summed E-state index contributed by atoms with van der Waals surface area (Å²) >= 11 is 1.76. The molecule has 0 radical (unpaired) electrons. The van der Waals surface area contributed by atoms with Gasteiger partial charge in [0.05, 0.1) is 0 Å². The Morgan fingerprint density at radius 3 is 2.63 bits per heavy atom. The van der Waals surface area contributed by atoms with Gasteiger partial charge in [-0.05, 0) is 39.1 Å². The molecule has 4 heteroatoms. The van der Waals surface area contributed by atoms with E-state index in [-0.39, 0.29) is 5.78 Å². The first-order valence-electron chi connectivity index (χ1n) is 6.71. The van der Waals surface area contributed by atoms with Crippen LogP contribution in [0, 0.1) is 0 Å². The average molecular weight is 283 g/mol. The molecule has 0 saturated carbocycles. The first kappa shape index (κ1) is 16.3. The lowest BCUT2D eigenvalue weighted by Crippen LogP contribution is -2.38. The molecular formula is C15H25NO2S. The van der Waals surface area contributed by atoms with Gasteiger partial charge in [-0.1, -0.05) is 6.07 Å². The molecule has 0 fully saturated rings. The second-order valence-corrected chi connectivity index (χ2v) is 6.56. The van der Waals surface area contributed by atoms with Gasteiger partial charge in [0.25, 0.3) is 0 Å². The van der Waals surface area contributed by atoms with Crippen molar-refractivity contribution in [1.82, 2.24) is 4.90 Å². The number of hydrogen-bond acceptors (Lipinski definition) is 4. The number of ether oxygens (including phenoxy) is 1. The summed E-state index contributed by atoms with van der Waals surface area (Å²) in [6.07, 6.45) is 0.532. The van der Waals surface area contributed by atoms with Gasteiger partial charge in [-0.25, -0.2) is 0 Å². The van der Waals surface area contributed by atoms with E-state index >= 15 is 0 Å². The summed E-state index contributed by atoms with van der Waals surface area (Å²) in [6, 6.07) is 4.64. The molecule has 0 N–H and O–H groups in total. The lowest BCUT2D eigenvalue weighted by atomic mass is 10.0. The highest BCUT2D eigenvalue weighted by molar-refractivity contribution is 7.09. The third kappa shape index (κ3) is 5.05. The summed E-state index contributed by atoms with van der Waals surface area (Å²) in [6.45, 7) is 9.68. The predicted molar refractivity (Wildman–Crippen MR) is 80.6 cm³/mol. The first-order chi connectivity index (χ1) is 8.86. The van der Waals surface area contributed by atoms with E-state index in [1.165, 1.54) is 4.88 Å². The van der Waals surface area contributed by atoms with E-state index in [2.05, 4.69) is 36.3 Å². The number of Topliss-reactive ketones (excluding diaryl/α,β-unsaturated/α-hetero) is 1. The van der Waals surface area contributed by atoms with Crippen molar-refractivity contribution in [2.75, 3.05) is 13.7 Å². The van der Waals surface area contributed by atoms with Gasteiger partial charge < -0.3 is 4.74 Å². The van der Waals surface area contributed by atoms with Crippen LogP contribution in [-0.2, 0) is 16.1 Å². The van der Waals surface area contributed by atoms with Crippen LogP contribution in [0.3, 0.4) is 0 Å². The van der Waals surface area contributed by atoms with E-state index in [0.29, 0.717) is 12.5 Å². The van der Waals surface area contributed by atoms with Gasteiger partial charge in [0.2, 0.25) is 0 Å². The number of rotatable bonds is 8. The fourth-order valence-electron chi connectivity index (χ4n) is 1.78. The van der Waals surface area contributed by atoms with Gasteiger partial charge in [-0.3, -0.25) is 9.69 Å². The first-order valence-corrected chi connectivity index (χ1v) is 7.59. The van der Waals surface area contributed by atoms with Crippen LogP contribution in [0.5, 0.6) is 0 Å². The van der Waals surface area contributed by atoms with Crippen LogP contribution in [0.1, 0.15) is 39.0 Å². The molecule has 1 aromatic heterocycles. The van der Waals surface area contributed by atoms with Gasteiger partial charge in [-0.2, -0.15) is 0 Å². The largest absolute Gasteiger partial charge is 0.371 e. The van der Waals surface area contributed by atoms with E-state index in [0.717, 1.165) is 13.1 Å². The van der Waals surface area contributed by atoms with E-state index < -0.39 is 5.60 Å². The molecule has 0 bridgehead atoms. The maximum absolute atomic E-state index is 12.1. The van der Waals surface area contributed by atoms with Crippen LogP contribution < -0.4 is 0 Å². The minimum absolute atomic E-state index is 0.159. The van der Waals surface area contributed by atoms with Crippen molar-refractivity contribution >= 4 is 17.1 Å². The van der Waals surface area contributed by atoms with Crippen LogP contribution in [0.15, 0.2) is 17.5 Å². The van der Waals surface area contributed by atoms with Crippen LogP contribution in [0.2, 0.25) is 0 Å². The minimum atomic E-state index is -0.675. The highest BCUT2D eigenvalue weighted by Crippen LogP contribution is 2.16. The van der Waals surface area contributed by atoms with Crippen molar-refractivity contribution in [3.05, 3.63) is 22.4 Å². The number of nitrogens with zero attached hydrogens (tertiary/aromatic N) is 1. The molecule has 108 valence electrons. The highest BCUT2D eigenvalue weighted by Gasteiger charge is 2.27. The fraction of sp³-hybridized carbons (Fsp3) is 0.667. The quantitative estimate of drug-likeness (QED) is 0.733. The van der Waals surface area contributed by atoms with E-state index in [1.807, 2.05) is 13.8 Å². The Kier molecular flexibility index (Phi) is 6.17. The van der Waals surface area contributed by atoms with Gasteiger partial charge in [-0.15, -0.1) is 11.3 Å². The van der Waals surface area contributed by atoms with Crippen molar-refractivity contribution in [2.24, 2.45) is 0 Å². The summed E-state index contributed by atoms with van der Waals surface area (Å²) in [4.78, 5) is 15.7. The third-order valence-electron chi connectivity index (χ3n) is 3.48. The molecule has 0 unspecified atom stereocenters. The van der Waals surface area contributed by atoms with Crippen LogP contribution >= 0.6 is 11.3 Å². The zero-order valence-electron chi connectivity index (χ0n) is 12.6. The molecule has 0 amide bonds. The molecule has 0 aromatic carbocycles. The van der Waals surface area contributed by atoms with Crippen LogP contribution in [-0.4, -0.2) is 36.0 Å². The molecule has 0 aliphatic carbocycles. The van der Waals surface area contributed by atoms with Crippen LogP contribution in [0.4, 0.5) is 0 Å².